The fourth-order valence-corrected chi connectivity index (χ4v) is 4.02. The van der Waals surface area contributed by atoms with Gasteiger partial charge in [-0.1, -0.05) is 19.1 Å². The summed E-state index contributed by atoms with van der Waals surface area (Å²) < 4.78 is 5.58. The van der Waals surface area contributed by atoms with Crippen LogP contribution in [0, 0.1) is 5.92 Å². The Morgan fingerprint density at radius 3 is 2.35 bits per heavy atom. The Hall–Kier alpha value is -2.67. The summed E-state index contributed by atoms with van der Waals surface area (Å²) in [5.74, 6) is -0.00813. The zero-order chi connectivity index (χ0) is 22.5. The average Bonchev–Trinajstić information content (AvgIpc) is 2.96. The summed E-state index contributed by atoms with van der Waals surface area (Å²) in [4.78, 5) is 41.4. The highest BCUT2D eigenvalue weighted by Gasteiger charge is 2.41. The molecule has 2 heterocycles. The smallest absolute Gasteiger partial charge is 0.277 e. The number of carbonyl (C=O) groups excluding carboxylic acids is 3. The predicted molar refractivity (Wildman–Crippen MR) is 120 cm³/mol. The zero-order valence-corrected chi connectivity index (χ0v) is 18.9. The quantitative estimate of drug-likeness (QED) is 0.509. The van der Waals surface area contributed by atoms with E-state index in [-0.39, 0.29) is 23.8 Å². The first-order chi connectivity index (χ1) is 14.8. The van der Waals surface area contributed by atoms with Gasteiger partial charge in [0, 0.05) is 38.9 Å². The number of hydrogen-bond donors (Lipinski definition) is 1. The van der Waals surface area contributed by atoms with E-state index in [1.165, 1.54) is 11.8 Å². The largest absolute Gasteiger partial charge is 0.379 e. The van der Waals surface area contributed by atoms with E-state index in [1.54, 1.807) is 24.3 Å². The van der Waals surface area contributed by atoms with Crippen LogP contribution < -0.4 is 5.32 Å². The molecule has 3 amide bonds. The fraction of sp³-hybridized carbons (Fsp3) is 0.542. The van der Waals surface area contributed by atoms with Gasteiger partial charge in [0.1, 0.15) is 5.70 Å². The molecule has 7 nitrogen and oxygen atoms in total. The molecule has 7 heteroatoms. The molecule has 0 atom stereocenters. The maximum atomic E-state index is 13.3. The molecule has 1 aromatic carbocycles. The van der Waals surface area contributed by atoms with Crippen LogP contribution in [0.25, 0.3) is 5.57 Å². The number of amides is 3. The van der Waals surface area contributed by atoms with Gasteiger partial charge in [-0.05, 0) is 56.7 Å². The maximum absolute atomic E-state index is 13.3. The Balaban J connectivity index is 1.87. The number of anilines is 1. The molecule has 1 fully saturated rings. The zero-order valence-electron chi connectivity index (χ0n) is 18.9. The molecule has 1 aromatic rings. The molecule has 3 rings (SSSR count). The van der Waals surface area contributed by atoms with Gasteiger partial charge in [-0.25, -0.2) is 0 Å². The van der Waals surface area contributed by atoms with Crippen LogP contribution in [0.1, 0.15) is 52.5 Å². The molecule has 0 bridgehead atoms. The van der Waals surface area contributed by atoms with Crippen LogP contribution in [0.2, 0.25) is 0 Å². The molecule has 31 heavy (non-hydrogen) atoms. The molecule has 0 aliphatic carbocycles. The van der Waals surface area contributed by atoms with Crippen molar-refractivity contribution in [1.29, 1.82) is 0 Å². The van der Waals surface area contributed by atoms with E-state index in [0.29, 0.717) is 48.0 Å². The minimum atomic E-state index is -0.254. The summed E-state index contributed by atoms with van der Waals surface area (Å²) in [6, 6.07) is 7.11. The fourth-order valence-electron chi connectivity index (χ4n) is 4.02. The van der Waals surface area contributed by atoms with Crippen molar-refractivity contribution >= 4 is 29.0 Å². The molecule has 2 aliphatic heterocycles. The van der Waals surface area contributed by atoms with Crippen LogP contribution in [-0.2, 0) is 19.1 Å². The van der Waals surface area contributed by atoms with Crippen molar-refractivity contribution < 1.29 is 19.1 Å². The van der Waals surface area contributed by atoms with E-state index < -0.39 is 0 Å². The Labute approximate surface area is 184 Å². The van der Waals surface area contributed by atoms with Gasteiger partial charge in [-0.15, -0.1) is 0 Å². The number of ether oxygens (including phenoxy) is 1. The van der Waals surface area contributed by atoms with Crippen LogP contribution in [-0.4, -0.2) is 59.9 Å². The molecule has 1 N–H and O–H groups in total. The number of rotatable bonds is 8. The standard InChI is InChI=1S/C24H33N3O4/c1-16(2)31-15-5-12-27-23(29)21(19-6-8-20(9-7-19)25-18(4)28)22(24(27)30)26-13-10-17(3)11-14-26/h6-9,16-17H,5,10-15H2,1-4H3,(H,25,28). The molecule has 0 spiro atoms. The van der Waals surface area contributed by atoms with Crippen molar-refractivity contribution in [3.63, 3.8) is 0 Å². The van der Waals surface area contributed by atoms with Gasteiger partial charge in [-0.3, -0.25) is 19.3 Å². The van der Waals surface area contributed by atoms with Crippen molar-refractivity contribution in [2.45, 2.75) is 53.1 Å². The first kappa shape index (κ1) is 23.0. The number of imide groups is 1. The normalized spacial score (nSPS) is 17.8. The van der Waals surface area contributed by atoms with Crippen molar-refractivity contribution in [3.8, 4) is 0 Å². The first-order valence-corrected chi connectivity index (χ1v) is 11.1. The second kappa shape index (κ2) is 10.1. The topological polar surface area (TPSA) is 79.0 Å². The summed E-state index contributed by atoms with van der Waals surface area (Å²) in [5.41, 5.74) is 2.32. The van der Waals surface area contributed by atoms with Gasteiger partial charge in [-0.2, -0.15) is 0 Å². The number of nitrogens with zero attached hydrogens (tertiary/aromatic N) is 2. The molecular weight excluding hydrogens is 394 g/mol. The van der Waals surface area contributed by atoms with Crippen LogP contribution in [0.15, 0.2) is 30.0 Å². The number of piperidine rings is 1. The summed E-state index contributed by atoms with van der Waals surface area (Å²) in [6.45, 7) is 9.98. The average molecular weight is 428 g/mol. The van der Waals surface area contributed by atoms with E-state index in [4.69, 9.17) is 4.74 Å². The molecule has 0 aromatic heterocycles. The minimum Gasteiger partial charge on any atom is -0.379 e. The van der Waals surface area contributed by atoms with Gasteiger partial charge in [0.05, 0.1) is 11.7 Å². The lowest BCUT2D eigenvalue weighted by Gasteiger charge is -2.32. The third-order valence-electron chi connectivity index (χ3n) is 5.71. The van der Waals surface area contributed by atoms with Crippen molar-refractivity contribution in [3.05, 3.63) is 35.5 Å². The van der Waals surface area contributed by atoms with Gasteiger partial charge >= 0.3 is 0 Å². The van der Waals surface area contributed by atoms with Gasteiger partial charge in [0.25, 0.3) is 11.8 Å². The Bertz CT molecular complexity index is 852. The molecule has 2 aliphatic rings. The van der Waals surface area contributed by atoms with E-state index in [0.717, 1.165) is 25.9 Å². The van der Waals surface area contributed by atoms with E-state index >= 15 is 0 Å². The summed E-state index contributed by atoms with van der Waals surface area (Å²) in [6.07, 6.45) is 2.73. The van der Waals surface area contributed by atoms with E-state index in [1.807, 2.05) is 13.8 Å². The number of hydrogen-bond acceptors (Lipinski definition) is 5. The molecule has 1 saturated heterocycles. The number of benzene rings is 1. The van der Waals surface area contributed by atoms with E-state index in [9.17, 15) is 14.4 Å². The number of likely N-dealkylation sites (tertiary alicyclic amines) is 1. The first-order valence-electron chi connectivity index (χ1n) is 11.1. The third kappa shape index (κ3) is 5.53. The highest BCUT2D eigenvalue weighted by molar-refractivity contribution is 6.35. The Morgan fingerprint density at radius 1 is 1.13 bits per heavy atom. The Kier molecular flexibility index (Phi) is 7.49. The van der Waals surface area contributed by atoms with E-state index in [2.05, 4.69) is 17.1 Å². The molecule has 0 unspecified atom stereocenters. The molecule has 168 valence electrons. The second-order valence-electron chi connectivity index (χ2n) is 8.69. The second-order valence-corrected chi connectivity index (χ2v) is 8.69. The lowest BCUT2D eigenvalue weighted by Crippen LogP contribution is -2.39. The lowest BCUT2D eigenvalue weighted by atomic mass is 9.97. The van der Waals surface area contributed by atoms with Crippen molar-refractivity contribution in [1.82, 2.24) is 9.80 Å². The number of nitrogens with one attached hydrogen (secondary N) is 1. The maximum Gasteiger partial charge on any atom is 0.277 e. The molecular formula is C24H33N3O4. The van der Waals surface area contributed by atoms with Gasteiger partial charge < -0.3 is 15.0 Å². The van der Waals surface area contributed by atoms with Gasteiger partial charge in [0.15, 0.2) is 0 Å². The van der Waals surface area contributed by atoms with Crippen molar-refractivity contribution in [2.24, 2.45) is 5.92 Å². The summed E-state index contributed by atoms with van der Waals surface area (Å²) in [5, 5.41) is 2.73. The third-order valence-corrected chi connectivity index (χ3v) is 5.71. The van der Waals surface area contributed by atoms with Crippen LogP contribution >= 0.6 is 0 Å². The van der Waals surface area contributed by atoms with Crippen molar-refractivity contribution in [2.75, 3.05) is 31.6 Å². The lowest BCUT2D eigenvalue weighted by molar-refractivity contribution is -0.138. The van der Waals surface area contributed by atoms with Crippen LogP contribution in [0.3, 0.4) is 0 Å². The van der Waals surface area contributed by atoms with Crippen LogP contribution in [0.4, 0.5) is 5.69 Å². The molecule has 0 saturated carbocycles. The summed E-state index contributed by atoms with van der Waals surface area (Å²) in [7, 11) is 0. The van der Waals surface area contributed by atoms with Gasteiger partial charge in [0.2, 0.25) is 5.91 Å². The minimum absolute atomic E-state index is 0.117. The SMILES string of the molecule is CC(=O)Nc1ccc(C2=C(N3CCC(C)CC3)C(=O)N(CCCOC(C)C)C2=O)cc1. The Morgan fingerprint density at radius 2 is 1.77 bits per heavy atom. The highest BCUT2D eigenvalue weighted by atomic mass is 16.5. The number of carbonyl (C=O) groups is 3. The molecule has 0 radical (unpaired) electrons. The summed E-state index contributed by atoms with van der Waals surface area (Å²) >= 11 is 0. The predicted octanol–water partition coefficient (Wildman–Crippen LogP) is 3.27. The van der Waals surface area contributed by atoms with Crippen LogP contribution in [0.5, 0.6) is 0 Å². The monoisotopic (exact) mass is 427 g/mol. The highest BCUT2D eigenvalue weighted by Crippen LogP contribution is 2.34.